The van der Waals surface area contributed by atoms with E-state index in [2.05, 4.69) is 5.10 Å². The van der Waals surface area contributed by atoms with E-state index in [1.807, 2.05) is 24.2 Å². The molecule has 0 spiro atoms. The Bertz CT molecular complexity index is 159. The Morgan fingerprint density at radius 2 is 2.36 bits per heavy atom. The molecule has 0 amide bonds. The Hall–Kier alpha value is -0.830. The van der Waals surface area contributed by atoms with Gasteiger partial charge in [0.15, 0.2) is 0 Å². The standard InChI is InChI=1S/C8H15N3/c1-2-7-11(8-3-4-8)10-6-5-9/h2,6-8H,3-5,9H2,1H3/b7-2-,10-6+. The van der Waals surface area contributed by atoms with Gasteiger partial charge >= 0.3 is 0 Å². The number of nitrogens with zero attached hydrogens (tertiary/aromatic N) is 2. The summed E-state index contributed by atoms with van der Waals surface area (Å²) in [6, 6.07) is 0.633. The highest BCUT2D eigenvalue weighted by Crippen LogP contribution is 2.26. The van der Waals surface area contributed by atoms with Gasteiger partial charge in [-0.05, 0) is 19.8 Å². The van der Waals surface area contributed by atoms with Crippen LogP contribution in [0.3, 0.4) is 0 Å². The third-order valence-electron chi connectivity index (χ3n) is 1.54. The van der Waals surface area contributed by atoms with Gasteiger partial charge in [0.2, 0.25) is 0 Å². The minimum Gasteiger partial charge on any atom is -0.326 e. The molecular weight excluding hydrogens is 138 g/mol. The number of allylic oxidation sites excluding steroid dienone is 1. The van der Waals surface area contributed by atoms with Crippen molar-refractivity contribution in [1.82, 2.24) is 5.01 Å². The van der Waals surface area contributed by atoms with Crippen LogP contribution in [0.2, 0.25) is 0 Å². The summed E-state index contributed by atoms with van der Waals surface area (Å²) in [7, 11) is 0. The molecule has 1 fully saturated rings. The van der Waals surface area contributed by atoms with Crippen molar-refractivity contribution >= 4 is 6.21 Å². The number of hydrogen-bond acceptors (Lipinski definition) is 3. The molecule has 1 saturated carbocycles. The van der Waals surface area contributed by atoms with E-state index in [0.29, 0.717) is 12.6 Å². The van der Waals surface area contributed by atoms with E-state index < -0.39 is 0 Å². The maximum Gasteiger partial charge on any atom is 0.0520 e. The lowest BCUT2D eigenvalue weighted by molar-refractivity contribution is 0.389. The van der Waals surface area contributed by atoms with E-state index in [1.165, 1.54) is 12.8 Å². The molecule has 0 unspecified atom stereocenters. The molecule has 0 aliphatic heterocycles. The zero-order chi connectivity index (χ0) is 8.10. The van der Waals surface area contributed by atoms with Crippen molar-refractivity contribution in [2.45, 2.75) is 25.8 Å². The summed E-state index contributed by atoms with van der Waals surface area (Å²) < 4.78 is 0. The van der Waals surface area contributed by atoms with Crippen LogP contribution >= 0.6 is 0 Å². The second kappa shape index (κ2) is 4.13. The summed E-state index contributed by atoms with van der Waals surface area (Å²) in [4.78, 5) is 0. The SMILES string of the molecule is C/C=C\N(/N=C/CN)C1CC1. The van der Waals surface area contributed by atoms with Gasteiger partial charge in [-0.3, -0.25) is 5.01 Å². The minimum atomic E-state index is 0.515. The van der Waals surface area contributed by atoms with Crippen LogP contribution in [0.4, 0.5) is 0 Å². The van der Waals surface area contributed by atoms with E-state index in [0.717, 1.165) is 0 Å². The Labute approximate surface area is 67.6 Å². The lowest BCUT2D eigenvalue weighted by Gasteiger charge is -2.11. The molecule has 0 aromatic carbocycles. The van der Waals surface area contributed by atoms with Gasteiger partial charge in [-0.25, -0.2) is 0 Å². The summed E-state index contributed by atoms with van der Waals surface area (Å²) in [5, 5.41) is 6.17. The number of hydrazone groups is 1. The molecule has 0 atom stereocenters. The van der Waals surface area contributed by atoms with Crippen LogP contribution in [0.15, 0.2) is 17.4 Å². The van der Waals surface area contributed by atoms with Crippen LogP contribution < -0.4 is 5.73 Å². The van der Waals surface area contributed by atoms with E-state index in [-0.39, 0.29) is 0 Å². The van der Waals surface area contributed by atoms with Crippen molar-refractivity contribution < 1.29 is 0 Å². The first-order chi connectivity index (χ1) is 5.38. The summed E-state index contributed by atoms with van der Waals surface area (Å²) in [6.45, 7) is 2.51. The molecule has 3 heteroatoms. The lowest BCUT2D eigenvalue weighted by Crippen LogP contribution is -2.14. The van der Waals surface area contributed by atoms with Crippen molar-refractivity contribution in [3.05, 3.63) is 12.3 Å². The van der Waals surface area contributed by atoms with Crippen LogP contribution in [-0.4, -0.2) is 23.8 Å². The Kier molecular flexibility index (Phi) is 3.11. The van der Waals surface area contributed by atoms with Crippen LogP contribution in [0, 0.1) is 0 Å². The van der Waals surface area contributed by atoms with E-state index in [9.17, 15) is 0 Å². The average molecular weight is 153 g/mol. The zero-order valence-electron chi connectivity index (χ0n) is 6.90. The van der Waals surface area contributed by atoms with Crippen LogP contribution in [-0.2, 0) is 0 Å². The monoisotopic (exact) mass is 153 g/mol. The lowest BCUT2D eigenvalue weighted by atomic mass is 10.6. The molecule has 0 saturated heterocycles. The van der Waals surface area contributed by atoms with E-state index in [4.69, 9.17) is 5.73 Å². The normalized spacial score (nSPS) is 18.4. The first kappa shape index (κ1) is 8.27. The summed E-state index contributed by atoms with van der Waals surface area (Å²) in [5.41, 5.74) is 5.29. The van der Waals surface area contributed by atoms with Crippen molar-refractivity contribution in [1.29, 1.82) is 0 Å². The highest BCUT2D eigenvalue weighted by atomic mass is 15.5. The smallest absolute Gasteiger partial charge is 0.0520 e. The maximum absolute atomic E-state index is 5.29. The molecule has 0 bridgehead atoms. The fraction of sp³-hybridized carbons (Fsp3) is 0.625. The molecule has 0 aromatic heterocycles. The Balaban J connectivity index is 2.38. The quantitative estimate of drug-likeness (QED) is 0.482. The summed E-state index contributed by atoms with van der Waals surface area (Å²) in [6.07, 6.45) is 8.23. The Morgan fingerprint density at radius 3 is 2.82 bits per heavy atom. The van der Waals surface area contributed by atoms with Gasteiger partial charge in [0.25, 0.3) is 0 Å². The largest absolute Gasteiger partial charge is 0.326 e. The fourth-order valence-electron chi connectivity index (χ4n) is 0.888. The minimum absolute atomic E-state index is 0.515. The number of hydrogen-bond donors (Lipinski definition) is 1. The predicted octanol–water partition coefficient (Wildman–Crippen LogP) is 0.929. The van der Waals surface area contributed by atoms with Crippen LogP contribution in [0.1, 0.15) is 19.8 Å². The molecule has 0 radical (unpaired) electrons. The number of rotatable bonds is 4. The molecule has 3 nitrogen and oxygen atoms in total. The summed E-state index contributed by atoms with van der Waals surface area (Å²) >= 11 is 0. The first-order valence-corrected chi connectivity index (χ1v) is 4.02. The zero-order valence-corrected chi connectivity index (χ0v) is 6.90. The number of nitrogens with two attached hydrogens (primary N) is 1. The second-order valence-electron chi connectivity index (χ2n) is 2.63. The van der Waals surface area contributed by atoms with E-state index >= 15 is 0 Å². The molecule has 1 aliphatic rings. The first-order valence-electron chi connectivity index (χ1n) is 4.02. The molecule has 11 heavy (non-hydrogen) atoms. The van der Waals surface area contributed by atoms with Gasteiger partial charge in [0.1, 0.15) is 0 Å². The molecule has 1 aliphatic carbocycles. The van der Waals surface area contributed by atoms with Gasteiger partial charge in [0.05, 0.1) is 6.04 Å². The van der Waals surface area contributed by atoms with Crippen molar-refractivity contribution in [3.63, 3.8) is 0 Å². The van der Waals surface area contributed by atoms with Crippen LogP contribution in [0.25, 0.3) is 0 Å². The molecule has 2 N–H and O–H groups in total. The van der Waals surface area contributed by atoms with Gasteiger partial charge in [-0.1, -0.05) is 6.08 Å². The molecular formula is C8H15N3. The fourth-order valence-corrected chi connectivity index (χ4v) is 0.888. The van der Waals surface area contributed by atoms with Gasteiger partial charge in [0, 0.05) is 19.0 Å². The van der Waals surface area contributed by atoms with Gasteiger partial charge in [-0.2, -0.15) is 5.10 Å². The molecule has 0 aromatic rings. The van der Waals surface area contributed by atoms with E-state index in [1.54, 1.807) is 6.21 Å². The topological polar surface area (TPSA) is 41.6 Å². The third-order valence-corrected chi connectivity index (χ3v) is 1.54. The van der Waals surface area contributed by atoms with Crippen LogP contribution in [0.5, 0.6) is 0 Å². The van der Waals surface area contributed by atoms with Gasteiger partial charge in [-0.15, -0.1) is 0 Å². The highest BCUT2D eigenvalue weighted by molar-refractivity contribution is 5.58. The molecule has 1 rings (SSSR count). The average Bonchev–Trinajstić information content (AvgIpc) is 2.80. The molecule has 62 valence electrons. The predicted molar refractivity (Wildman–Crippen MR) is 47.2 cm³/mol. The third kappa shape index (κ3) is 2.72. The molecule has 0 heterocycles. The summed E-state index contributed by atoms with van der Waals surface area (Å²) in [5.74, 6) is 0. The van der Waals surface area contributed by atoms with Crippen molar-refractivity contribution in [2.75, 3.05) is 6.54 Å². The second-order valence-corrected chi connectivity index (χ2v) is 2.63. The Morgan fingerprint density at radius 1 is 1.64 bits per heavy atom. The van der Waals surface area contributed by atoms with Crippen molar-refractivity contribution in [3.8, 4) is 0 Å². The maximum atomic E-state index is 5.29. The van der Waals surface area contributed by atoms with Gasteiger partial charge < -0.3 is 5.73 Å². The highest BCUT2D eigenvalue weighted by Gasteiger charge is 2.26. The van der Waals surface area contributed by atoms with Crippen molar-refractivity contribution in [2.24, 2.45) is 10.8 Å².